The van der Waals surface area contributed by atoms with Crippen molar-refractivity contribution in [2.75, 3.05) is 7.11 Å². The Morgan fingerprint density at radius 3 is 2.15 bits per heavy atom. The van der Waals surface area contributed by atoms with Crippen LogP contribution in [0.25, 0.3) is 0 Å². The highest BCUT2D eigenvalue weighted by Gasteiger charge is 2.56. The third kappa shape index (κ3) is 1.44. The summed E-state index contributed by atoms with van der Waals surface area (Å²) in [6.45, 7) is 0. The number of ether oxygens (including phenoxy) is 1. The monoisotopic (exact) mass is 205 g/mol. The van der Waals surface area contributed by atoms with Crippen LogP contribution in [0, 0.1) is 5.41 Å². The molecule has 4 heteroatoms. The lowest BCUT2D eigenvalue weighted by Gasteiger charge is -2.23. The van der Waals surface area contributed by atoms with Crippen LogP contribution in [0.3, 0.4) is 0 Å². The lowest BCUT2D eigenvalue weighted by atomic mass is 9.84. The first-order valence-corrected chi connectivity index (χ1v) is 4.48. The third-order valence-electron chi connectivity index (χ3n) is 3.51. The van der Waals surface area contributed by atoms with E-state index < -0.39 is 0 Å². The molecule has 13 heavy (non-hydrogen) atoms. The van der Waals surface area contributed by atoms with Crippen LogP contribution in [0.4, 0.5) is 0 Å². The van der Waals surface area contributed by atoms with E-state index in [4.69, 9.17) is 10.5 Å². The molecule has 2 N–H and O–H groups in total. The van der Waals surface area contributed by atoms with Crippen molar-refractivity contribution in [3.05, 3.63) is 0 Å². The maximum atomic E-state index is 11.5. The number of hydrogen-bond donors (Lipinski definition) is 1. The van der Waals surface area contributed by atoms with Crippen LogP contribution in [-0.4, -0.2) is 18.6 Å². The molecule has 2 saturated carbocycles. The fourth-order valence-corrected chi connectivity index (χ4v) is 2.75. The predicted molar refractivity (Wildman–Crippen MR) is 51.7 cm³/mol. The van der Waals surface area contributed by atoms with E-state index in [9.17, 15) is 4.79 Å². The largest absolute Gasteiger partial charge is 0.469 e. The number of methoxy groups -OCH3 is 1. The van der Waals surface area contributed by atoms with Crippen LogP contribution < -0.4 is 5.73 Å². The quantitative estimate of drug-likeness (QED) is 0.656. The summed E-state index contributed by atoms with van der Waals surface area (Å²) in [5.41, 5.74) is 5.82. The SMILES string of the molecule is COC(=O)C12CCC(N)(CC1)C2.Cl. The van der Waals surface area contributed by atoms with Gasteiger partial charge in [0.2, 0.25) is 0 Å². The van der Waals surface area contributed by atoms with Gasteiger partial charge in [0.15, 0.2) is 0 Å². The molecule has 0 aromatic rings. The summed E-state index contributed by atoms with van der Waals surface area (Å²) in [6.07, 6.45) is 4.67. The molecule has 0 aromatic heterocycles. The molecular formula is C9H16ClNO2. The lowest BCUT2D eigenvalue weighted by molar-refractivity contribution is -0.152. The molecule has 0 aromatic carbocycles. The van der Waals surface area contributed by atoms with Gasteiger partial charge in [-0.05, 0) is 32.1 Å². The molecule has 0 amide bonds. The first-order chi connectivity index (χ1) is 5.60. The minimum Gasteiger partial charge on any atom is -0.469 e. The van der Waals surface area contributed by atoms with Crippen molar-refractivity contribution >= 4 is 18.4 Å². The standard InChI is InChI=1S/C9H15NO2.ClH/c1-12-7(11)8-2-4-9(10,6-8)5-3-8;/h2-6,10H2,1H3;1H. The fraction of sp³-hybridized carbons (Fsp3) is 0.889. The summed E-state index contributed by atoms with van der Waals surface area (Å²) in [5, 5.41) is 0. The Hall–Kier alpha value is -0.280. The van der Waals surface area contributed by atoms with Gasteiger partial charge in [-0.25, -0.2) is 0 Å². The van der Waals surface area contributed by atoms with E-state index in [0.29, 0.717) is 0 Å². The topological polar surface area (TPSA) is 52.3 Å². The summed E-state index contributed by atoms with van der Waals surface area (Å²) < 4.78 is 4.81. The van der Waals surface area contributed by atoms with Gasteiger partial charge in [0.1, 0.15) is 0 Å². The Morgan fingerprint density at radius 2 is 1.85 bits per heavy atom. The summed E-state index contributed by atoms with van der Waals surface area (Å²) in [6, 6.07) is 0. The van der Waals surface area contributed by atoms with E-state index in [1.165, 1.54) is 7.11 Å². The van der Waals surface area contributed by atoms with Crippen molar-refractivity contribution in [1.82, 2.24) is 0 Å². The van der Waals surface area contributed by atoms with Gasteiger partial charge >= 0.3 is 5.97 Å². The van der Waals surface area contributed by atoms with Crippen LogP contribution in [0.1, 0.15) is 32.1 Å². The number of carbonyl (C=O) groups is 1. The highest BCUT2D eigenvalue weighted by Crippen LogP contribution is 2.55. The van der Waals surface area contributed by atoms with Crippen molar-refractivity contribution in [2.45, 2.75) is 37.6 Å². The molecule has 2 aliphatic rings. The van der Waals surface area contributed by atoms with Crippen molar-refractivity contribution in [2.24, 2.45) is 11.1 Å². The smallest absolute Gasteiger partial charge is 0.311 e. The van der Waals surface area contributed by atoms with Gasteiger partial charge < -0.3 is 10.5 Å². The zero-order valence-corrected chi connectivity index (χ0v) is 8.65. The van der Waals surface area contributed by atoms with Crippen LogP contribution in [0.15, 0.2) is 0 Å². The number of fused-ring (bicyclic) bond motifs is 2. The molecule has 0 saturated heterocycles. The van der Waals surface area contributed by atoms with E-state index in [1.807, 2.05) is 0 Å². The van der Waals surface area contributed by atoms with Crippen molar-refractivity contribution in [3.8, 4) is 0 Å². The Morgan fingerprint density at radius 1 is 1.31 bits per heavy atom. The Bertz CT molecular complexity index is 222. The van der Waals surface area contributed by atoms with E-state index in [2.05, 4.69) is 0 Å². The molecule has 0 radical (unpaired) electrons. The molecule has 2 bridgehead atoms. The molecule has 2 fully saturated rings. The number of rotatable bonds is 1. The van der Waals surface area contributed by atoms with Crippen LogP contribution >= 0.6 is 12.4 Å². The maximum Gasteiger partial charge on any atom is 0.311 e. The van der Waals surface area contributed by atoms with Gasteiger partial charge in [-0.3, -0.25) is 4.79 Å². The molecular weight excluding hydrogens is 190 g/mol. The van der Waals surface area contributed by atoms with Gasteiger partial charge in [0.25, 0.3) is 0 Å². The van der Waals surface area contributed by atoms with Gasteiger partial charge in [-0.1, -0.05) is 0 Å². The van der Waals surface area contributed by atoms with Gasteiger partial charge in [0.05, 0.1) is 12.5 Å². The summed E-state index contributed by atoms with van der Waals surface area (Å²) in [4.78, 5) is 11.5. The minimum atomic E-state index is -0.205. The van der Waals surface area contributed by atoms with Crippen molar-refractivity contribution < 1.29 is 9.53 Å². The number of esters is 1. The predicted octanol–water partition coefficient (Wildman–Crippen LogP) is 1.24. The van der Waals surface area contributed by atoms with Crippen LogP contribution in [0.2, 0.25) is 0 Å². The zero-order valence-electron chi connectivity index (χ0n) is 7.84. The number of carbonyl (C=O) groups excluding carboxylic acids is 1. The molecule has 3 nitrogen and oxygen atoms in total. The minimum absolute atomic E-state index is 0. The summed E-state index contributed by atoms with van der Waals surface area (Å²) in [5.74, 6) is -0.0488. The summed E-state index contributed by atoms with van der Waals surface area (Å²) >= 11 is 0. The molecule has 0 unspecified atom stereocenters. The van der Waals surface area contributed by atoms with E-state index in [0.717, 1.165) is 32.1 Å². The van der Waals surface area contributed by atoms with Crippen molar-refractivity contribution in [1.29, 1.82) is 0 Å². The second-order valence-corrected chi connectivity index (χ2v) is 4.31. The first-order valence-electron chi connectivity index (χ1n) is 4.48. The molecule has 0 heterocycles. The van der Waals surface area contributed by atoms with Gasteiger partial charge in [-0.2, -0.15) is 0 Å². The molecule has 2 aliphatic carbocycles. The van der Waals surface area contributed by atoms with Crippen molar-refractivity contribution in [3.63, 3.8) is 0 Å². The second kappa shape index (κ2) is 3.14. The Labute approximate surface area is 84.4 Å². The van der Waals surface area contributed by atoms with E-state index in [-0.39, 0.29) is 29.3 Å². The lowest BCUT2D eigenvalue weighted by Crippen LogP contribution is -2.33. The van der Waals surface area contributed by atoms with Crippen LogP contribution in [0.5, 0.6) is 0 Å². The highest BCUT2D eigenvalue weighted by atomic mass is 35.5. The third-order valence-corrected chi connectivity index (χ3v) is 3.51. The molecule has 76 valence electrons. The molecule has 0 spiro atoms. The van der Waals surface area contributed by atoms with Gasteiger partial charge in [0, 0.05) is 5.54 Å². The average molecular weight is 206 g/mol. The number of hydrogen-bond acceptors (Lipinski definition) is 3. The number of nitrogens with two attached hydrogens (primary N) is 1. The first kappa shape index (κ1) is 10.8. The van der Waals surface area contributed by atoms with E-state index in [1.54, 1.807) is 0 Å². The van der Waals surface area contributed by atoms with E-state index >= 15 is 0 Å². The fourth-order valence-electron chi connectivity index (χ4n) is 2.75. The van der Waals surface area contributed by atoms with Gasteiger partial charge in [-0.15, -0.1) is 12.4 Å². The zero-order chi connectivity index (χ0) is 8.82. The molecule has 0 atom stereocenters. The second-order valence-electron chi connectivity index (χ2n) is 4.31. The average Bonchev–Trinajstić information content (AvgIpc) is 2.57. The molecule has 2 rings (SSSR count). The highest BCUT2D eigenvalue weighted by molar-refractivity contribution is 5.85. The maximum absolute atomic E-state index is 11.5. The summed E-state index contributed by atoms with van der Waals surface area (Å²) in [7, 11) is 1.46. The number of halogens is 1. The Kier molecular flexibility index (Phi) is 2.61. The van der Waals surface area contributed by atoms with Crippen LogP contribution in [-0.2, 0) is 9.53 Å². The Balaban J connectivity index is 0.000000845. The molecule has 0 aliphatic heterocycles. The normalized spacial score (nSPS) is 41.4.